The van der Waals surface area contributed by atoms with Gasteiger partial charge in [0.05, 0.1) is 4.90 Å². The largest absolute Gasteiger partial charge is 0.501 e. The van der Waals surface area contributed by atoms with Gasteiger partial charge < -0.3 is 10.6 Å². The Kier molecular flexibility index (Phi) is 4.69. The minimum atomic E-state index is -5.30. The third-order valence-electron chi connectivity index (χ3n) is 4.03. The minimum Gasteiger partial charge on any atom is -0.382 e. The van der Waals surface area contributed by atoms with E-state index in [9.17, 15) is 21.6 Å². The SMILES string of the molecule is CC1(C)CC(Nc2ccc(S(=O)(=O)C(F)(F)F)cc2)CC(C)(C)N1. The molecule has 0 amide bonds. The van der Waals surface area contributed by atoms with E-state index in [1.54, 1.807) is 0 Å². The van der Waals surface area contributed by atoms with Crippen LogP contribution in [-0.2, 0) is 9.84 Å². The molecule has 1 aromatic rings. The first-order valence-corrected chi connectivity index (χ1v) is 9.18. The van der Waals surface area contributed by atoms with Crippen molar-refractivity contribution in [1.29, 1.82) is 0 Å². The van der Waals surface area contributed by atoms with E-state index in [1.807, 2.05) is 0 Å². The van der Waals surface area contributed by atoms with Crippen molar-refractivity contribution in [2.75, 3.05) is 5.32 Å². The molecule has 0 radical (unpaired) electrons. The van der Waals surface area contributed by atoms with Gasteiger partial charge in [-0.2, -0.15) is 13.2 Å². The van der Waals surface area contributed by atoms with Crippen molar-refractivity contribution in [3.63, 3.8) is 0 Å². The van der Waals surface area contributed by atoms with Gasteiger partial charge in [0, 0.05) is 22.8 Å². The van der Waals surface area contributed by atoms with Crippen molar-refractivity contribution in [1.82, 2.24) is 5.32 Å². The summed E-state index contributed by atoms with van der Waals surface area (Å²) >= 11 is 0. The predicted molar refractivity (Wildman–Crippen MR) is 87.6 cm³/mol. The first-order chi connectivity index (χ1) is 10.7. The average molecular weight is 364 g/mol. The van der Waals surface area contributed by atoms with Crippen LogP contribution in [-0.4, -0.2) is 31.0 Å². The van der Waals surface area contributed by atoms with Crippen LogP contribution in [0.2, 0.25) is 0 Å². The number of hydrogen-bond acceptors (Lipinski definition) is 4. The molecule has 4 nitrogen and oxygen atoms in total. The number of halogens is 3. The smallest absolute Gasteiger partial charge is 0.382 e. The highest BCUT2D eigenvalue weighted by Crippen LogP contribution is 2.32. The van der Waals surface area contributed by atoms with E-state index in [4.69, 9.17) is 0 Å². The third kappa shape index (κ3) is 4.22. The van der Waals surface area contributed by atoms with Crippen LogP contribution in [0.25, 0.3) is 0 Å². The molecule has 0 aromatic heterocycles. The van der Waals surface area contributed by atoms with Crippen LogP contribution in [0.5, 0.6) is 0 Å². The fourth-order valence-corrected chi connectivity index (χ4v) is 4.29. The molecule has 0 aliphatic carbocycles. The van der Waals surface area contributed by atoms with Crippen molar-refractivity contribution in [2.45, 2.75) is 68.1 Å². The van der Waals surface area contributed by atoms with E-state index < -0.39 is 20.2 Å². The Morgan fingerprint density at radius 2 is 1.50 bits per heavy atom. The quantitative estimate of drug-likeness (QED) is 0.859. The van der Waals surface area contributed by atoms with Crippen molar-refractivity contribution in [3.8, 4) is 0 Å². The molecule has 0 saturated carbocycles. The van der Waals surface area contributed by atoms with Gasteiger partial charge in [0.1, 0.15) is 0 Å². The highest BCUT2D eigenvalue weighted by molar-refractivity contribution is 7.92. The number of hydrogen-bond donors (Lipinski definition) is 2. The van der Waals surface area contributed by atoms with Gasteiger partial charge in [-0.3, -0.25) is 0 Å². The number of benzene rings is 1. The molecule has 0 bridgehead atoms. The lowest BCUT2D eigenvalue weighted by Crippen LogP contribution is -2.60. The molecule has 1 aromatic carbocycles. The molecule has 1 aliphatic heterocycles. The van der Waals surface area contributed by atoms with Crippen LogP contribution in [0, 0.1) is 0 Å². The Morgan fingerprint density at radius 1 is 1.04 bits per heavy atom. The molecule has 1 heterocycles. The number of anilines is 1. The number of alkyl halides is 3. The first kappa shape index (κ1) is 19.1. The minimum absolute atomic E-state index is 0.0705. The number of rotatable bonds is 3. The summed E-state index contributed by atoms with van der Waals surface area (Å²) in [6.07, 6.45) is 1.69. The summed E-state index contributed by atoms with van der Waals surface area (Å²) < 4.78 is 60.4. The Hall–Kier alpha value is -1.28. The maximum absolute atomic E-state index is 12.6. The van der Waals surface area contributed by atoms with E-state index >= 15 is 0 Å². The van der Waals surface area contributed by atoms with Gasteiger partial charge >= 0.3 is 5.51 Å². The molecule has 1 saturated heterocycles. The summed E-state index contributed by atoms with van der Waals surface area (Å²) in [4.78, 5) is -0.744. The summed E-state index contributed by atoms with van der Waals surface area (Å²) in [7, 11) is -5.30. The fourth-order valence-electron chi connectivity index (χ4n) is 3.52. The van der Waals surface area contributed by atoms with Crippen molar-refractivity contribution < 1.29 is 21.6 Å². The second kappa shape index (κ2) is 5.91. The zero-order chi connectivity index (χ0) is 18.4. The lowest BCUT2D eigenvalue weighted by molar-refractivity contribution is -0.0436. The molecular weight excluding hydrogens is 341 g/mol. The summed E-state index contributed by atoms with van der Waals surface area (Å²) in [5.74, 6) is 0. The molecule has 2 rings (SSSR count). The summed E-state index contributed by atoms with van der Waals surface area (Å²) in [5, 5.41) is 6.84. The standard InChI is InChI=1S/C16H23F3N2O2S/c1-14(2)9-12(10-15(3,4)21-14)20-11-5-7-13(8-6-11)24(22,23)16(17,18)19/h5-8,12,20-21H,9-10H2,1-4H3. The van der Waals surface area contributed by atoms with Crippen LogP contribution in [0.1, 0.15) is 40.5 Å². The summed E-state index contributed by atoms with van der Waals surface area (Å²) in [5.41, 5.74) is -4.82. The molecule has 1 fully saturated rings. The molecule has 136 valence electrons. The molecule has 8 heteroatoms. The van der Waals surface area contributed by atoms with Crippen molar-refractivity contribution in [3.05, 3.63) is 24.3 Å². The lowest BCUT2D eigenvalue weighted by Gasteiger charge is -2.47. The van der Waals surface area contributed by atoms with E-state index in [1.165, 1.54) is 12.1 Å². The molecule has 24 heavy (non-hydrogen) atoms. The summed E-state index contributed by atoms with van der Waals surface area (Å²) in [6.45, 7) is 8.40. The maximum atomic E-state index is 12.6. The fraction of sp³-hybridized carbons (Fsp3) is 0.625. The van der Waals surface area contributed by atoms with E-state index in [-0.39, 0.29) is 17.1 Å². The zero-order valence-corrected chi connectivity index (χ0v) is 15.0. The third-order valence-corrected chi connectivity index (χ3v) is 5.53. The lowest BCUT2D eigenvalue weighted by atomic mass is 9.79. The van der Waals surface area contributed by atoms with Gasteiger partial charge in [-0.05, 0) is 64.8 Å². The van der Waals surface area contributed by atoms with Gasteiger partial charge in [0.2, 0.25) is 0 Å². The van der Waals surface area contributed by atoms with Gasteiger partial charge in [0.15, 0.2) is 0 Å². The van der Waals surface area contributed by atoms with Crippen LogP contribution in [0.3, 0.4) is 0 Å². The average Bonchev–Trinajstić information content (AvgIpc) is 2.34. The Balaban J connectivity index is 2.15. The summed E-state index contributed by atoms with van der Waals surface area (Å²) in [6, 6.07) is 4.87. The maximum Gasteiger partial charge on any atom is 0.501 e. The Bertz CT molecular complexity index is 679. The van der Waals surface area contributed by atoms with E-state index in [2.05, 4.69) is 38.3 Å². The first-order valence-electron chi connectivity index (χ1n) is 7.69. The zero-order valence-electron chi connectivity index (χ0n) is 14.2. The highest BCUT2D eigenvalue weighted by Gasteiger charge is 2.46. The monoisotopic (exact) mass is 364 g/mol. The van der Waals surface area contributed by atoms with Gasteiger partial charge in [-0.15, -0.1) is 0 Å². The molecule has 2 N–H and O–H groups in total. The molecule has 0 unspecified atom stereocenters. The molecular formula is C16H23F3N2O2S. The highest BCUT2D eigenvalue weighted by atomic mass is 32.2. The number of piperidine rings is 1. The Labute approximate surface area is 140 Å². The predicted octanol–water partition coefficient (Wildman–Crippen LogP) is 3.70. The van der Waals surface area contributed by atoms with Crippen LogP contribution < -0.4 is 10.6 Å². The van der Waals surface area contributed by atoms with E-state index in [0.29, 0.717) is 5.69 Å². The normalized spacial score (nSPS) is 21.5. The van der Waals surface area contributed by atoms with Crippen molar-refractivity contribution >= 4 is 15.5 Å². The van der Waals surface area contributed by atoms with Gasteiger partial charge in [0.25, 0.3) is 9.84 Å². The van der Waals surface area contributed by atoms with Crippen LogP contribution in [0.4, 0.5) is 18.9 Å². The Morgan fingerprint density at radius 3 is 1.92 bits per heavy atom. The van der Waals surface area contributed by atoms with E-state index in [0.717, 1.165) is 25.0 Å². The molecule has 0 spiro atoms. The second-order valence-electron chi connectivity index (χ2n) is 7.62. The molecule has 0 atom stereocenters. The van der Waals surface area contributed by atoms with Gasteiger partial charge in [-0.25, -0.2) is 8.42 Å². The number of nitrogens with one attached hydrogen (secondary N) is 2. The van der Waals surface area contributed by atoms with Crippen LogP contribution in [0.15, 0.2) is 29.2 Å². The second-order valence-corrected chi connectivity index (χ2v) is 9.56. The van der Waals surface area contributed by atoms with Crippen molar-refractivity contribution in [2.24, 2.45) is 0 Å². The van der Waals surface area contributed by atoms with Gasteiger partial charge in [-0.1, -0.05) is 0 Å². The topological polar surface area (TPSA) is 58.2 Å². The molecule has 1 aliphatic rings. The van der Waals surface area contributed by atoms with Crippen LogP contribution >= 0.6 is 0 Å². The number of sulfone groups is 1.